The standard InChI is InChI=1S/C18H19BrN4O/c1-11(2)23-17-13(10-21-23)8-14(9-20-17)18(24)22-12(3)15-6-4-5-7-16(15)19/h4-12H,1-3H3,(H,22,24). The summed E-state index contributed by atoms with van der Waals surface area (Å²) in [7, 11) is 0. The first kappa shape index (κ1) is 16.6. The first-order valence-electron chi connectivity index (χ1n) is 7.86. The van der Waals surface area contributed by atoms with E-state index in [2.05, 4.69) is 31.3 Å². The molecule has 0 saturated heterocycles. The smallest absolute Gasteiger partial charge is 0.253 e. The molecular formula is C18H19BrN4O. The van der Waals surface area contributed by atoms with Crippen molar-refractivity contribution in [3.8, 4) is 0 Å². The maximum atomic E-state index is 12.5. The summed E-state index contributed by atoms with van der Waals surface area (Å²) in [5, 5.41) is 8.21. The first-order valence-corrected chi connectivity index (χ1v) is 8.65. The highest BCUT2D eigenvalue weighted by atomic mass is 79.9. The third kappa shape index (κ3) is 3.19. The second-order valence-electron chi connectivity index (χ2n) is 6.04. The van der Waals surface area contributed by atoms with Crippen molar-refractivity contribution in [2.24, 2.45) is 0 Å². The lowest BCUT2D eigenvalue weighted by atomic mass is 10.1. The molecule has 0 spiro atoms. The number of benzene rings is 1. The van der Waals surface area contributed by atoms with Gasteiger partial charge in [0.15, 0.2) is 5.65 Å². The van der Waals surface area contributed by atoms with Crippen molar-refractivity contribution in [2.45, 2.75) is 32.9 Å². The number of nitrogens with zero attached hydrogens (tertiary/aromatic N) is 3. The Morgan fingerprint density at radius 1 is 1.21 bits per heavy atom. The summed E-state index contributed by atoms with van der Waals surface area (Å²) < 4.78 is 2.82. The Morgan fingerprint density at radius 3 is 2.67 bits per heavy atom. The molecule has 0 saturated carbocycles. The van der Waals surface area contributed by atoms with E-state index < -0.39 is 0 Å². The Morgan fingerprint density at radius 2 is 1.96 bits per heavy atom. The van der Waals surface area contributed by atoms with Crippen LogP contribution < -0.4 is 5.32 Å². The maximum absolute atomic E-state index is 12.5. The number of amides is 1. The van der Waals surface area contributed by atoms with E-state index in [4.69, 9.17) is 0 Å². The lowest BCUT2D eigenvalue weighted by Crippen LogP contribution is -2.27. The van der Waals surface area contributed by atoms with Crippen molar-refractivity contribution in [1.29, 1.82) is 0 Å². The minimum absolute atomic E-state index is 0.109. The molecule has 124 valence electrons. The van der Waals surface area contributed by atoms with Gasteiger partial charge in [0, 0.05) is 22.1 Å². The van der Waals surface area contributed by atoms with Crippen LogP contribution in [0.3, 0.4) is 0 Å². The van der Waals surface area contributed by atoms with Crippen molar-refractivity contribution >= 4 is 32.9 Å². The summed E-state index contributed by atoms with van der Waals surface area (Å²) in [5.41, 5.74) is 2.36. The molecule has 2 aromatic heterocycles. The van der Waals surface area contributed by atoms with Crippen LogP contribution in [0.15, 0.2) is 47.2 Å². The monoisotopic (exact) mass is 386 g/mol. The number of rotatable bonds is 4. The van der Waals surface area contributed by atoms with Gasteiger partial charge in [-0.05, 0) is 38.5 Å². The number of fused-ring (bicyclic) bond motifs is 1. The van der Waals surface area contributed by atoms with Gasteiger partial charge in [0.1, 0.15) is 0 Å². The van der Waals surface area contributed by atoms with Crippen LogP contribution in [0.1, 0.15) is 48.8 Å². The van der Waals surface area contributed by atoms with E-state index in [1.54, 1.807) is 12.4 Å². The van der Waals surface area contributed by atoms with Gasteiger partial charge < -0.3 is 5.32 Å². The minimum Gasteiger partial charge on any atom is -0.345 e. The largest absolute Gasteiger partial charge is 0.345 e. The van der Waals surface area contributed by atoms with E-state index in [-0.39, 0.29) is 18.0 Å². The fourth-order valence-corrected chi connectivity index (χ4v) is 3.25. The number of hydrogen-bond acceptors (Lipinski definition) is 3. The number of pyridine rings is 1. The number of aromatic nitrogens is 3. The Bertz CT molecular complexity index is 888. The second kappa shape index (κ2) is 6.73. The summed E-state index contributed by atoms with van der Waals surface area (Å²) in [4.78, 5) is 16.9. The Kier molecular flexibility index (Phi) is 4.66. The van der Waals surface area contributed by atoms with E-state index >= 15 is 0 Å². The molecule has 1 unspecified atom stereocenters. The highest BCUT2D eigenvalue weighted by molar-refractivity contribution is 9.10. The van der Waals surface area contributed by atoms with Crippen LogP contribution in [-0.4, -0.2) is 20.7 Å². The van der Waals surface area contributed by atoms with Gasteiger partial charge in [-0.3, -0.25) is 4.79 Å². The van der Waals surface area contributed by atoms with Gasteiger partial charge in [-0.1, -0.05) is 34.1 Å². The van der Waals surface area contributed by atoms with Crippen LogP contribution in [0.5, 0.6) is 0 Å². The van der Waals surface area contributed by atoms with Gasteiger partial charge in [0.25, 0.3) is 5.91 Å². The predicted octanol–water partition coefficient (Wildman–Crippen LogP) is 4.27. The van der Waals surface area contributed by atoms with E-state index in [0.29, 0.717) is 5.56 Å². The van der Waals surface area contributed by atoms with Crippen LogP contribution >= 0.6 is 15.9 Å². The van der Waals surface area contributed by atoms with Crippen LogP contribution in [0.2, 0.25) is 0 Å². The third-order valence-corrected chi connectivity index (χ3v) is 4.63. The quantitative estimate of drug-likeness (QED) is 0.728. The van der Waals surface area contributed by atoms with Crippen molar-refractivity contribution in [1.82, 2.24) is 20.1 Å². The Labute approximate surface area is 149 Å². The van der Waals surface area contributed by atoms with Crippen molar-refractivity contribution in [2.75, 3.05) is 0 Å². The molecule has 1 atom stereocenters. The maximum Gasteiger partial charge on any atom is 0.253 e. The van der Waals surface area contributed by atoms with Gasteiger partial charge in [-0.15, -0.1) is 0 Å². The first-order chi connectivity index (χ1) is 11.5. The highest BCUT2D eigenvalue weighted by Crippen LogP contribution is 2.23. The van der Waals surface area contributed by atoms with E-state index in [9.17, 15) is 4.79 Å². The Hall–Kier alpha value is -2.21. The fourth-order valence-electron chi connectivity index (χ4n) is 2.63. The SMILES string of the molecule is CC(NC(=O)c1cnc2c(cnn2C(C)C)c1)c1ccccc1Br. The van der Waals surface area contributed by atoms with Gasteiger partial charge in [0.2, 0.25) is 0 Å². The highest BCUT2D eigenvalue weighted by Gasteiger charge is 2.15. The molecule has 0 aliphatic rings. The van der Waals surface area contributed by atoms with Gasteiger partial charge in [-0.25, -0.2) is 9.67 Å². The summed E-state index contributed by atoms with van der Waals surface area (Å²) >= 11 is 3.52. The average Bonchev–Trinajstić information content (AvgIpc) is 2.98. The molecule has 1 N–H and O–H groups in total. The molecule has 0 radical (unpaired) electrons. The summed E-state index contributed by atoms with van der Waals surface area (Å²) in [6.07, 6.45) is 3.35. The number of carbonyl (C=O) groups is 1. The normalized spacial score (nSPS) is 12.5. The molecular weight excluding hydrogens is 368 g/mol. The molecule has 0 fully saturated rings. The van der Waals surface area contributed by atoms with E-state index in [0.717, 1.165) is 21.1 Å². The van der Waals surface area contributed by atoms with Crippen LogP contribution in [0.4, 0.5) is 0 Å². The fraction of sp³-hybridized carbons (Fsp3) is 0.278. The molecule has 1 amide bonds. The molecule has 2 heterocycles. The third-order valence-electron chi connectivity index (χ3n) is 3.90. The van der Waals surface area contributed by atoms with Crippen LogP contribution in [0.25, 0.3) is 11.0 Å². The molecule has 0 bridgehead atoms. The van der Waals surface area contributed by atoms with Gasteiger partial charge in [0.05, 0.1) is 17.8 Å². The lowest BCUT2D eigenvalue weighted by Gasteiger charge is -2.16. The average molecular weight is 387 g/mol. The molecule has 0 aliphatic heterocycles. The molecule has 5 nitrogen and oxygen atoms in total. The predicted molar refractivity (Wildman–Crippen MR) is 97.9 cm³/mol. The van der Waals surface area contributed by atoms with Crippen LogP contribution in [-0.2, 0) is 0 Å². The minimum atomic E-state index is -0.148. The molecule has 3 rings (SSSR count). The second-order valence-corrected chi connectivity index (χ2v) is 6.89. The Balaban J connectivity index is 1.82. The molecule has 3 aromatic rings. The summed E-state index contributed by atoms with van der Waals surface area (Å²) in [6, 6.07) is 9.81. The zero-order chi connectivity index (χ0) is 17.3. The zero-order valence-corrected chi connectivity index (χ0v) is 15.4. The number of hydrogen-bond donors (Lipinski definition) is 1. The van der Waals surface area contributed by atoms with E-state index in [1.165, 1.54) is 0 Å². The number of halogens is 1. The van der Waals surface area contributed by atoms with Crippen molar-refractivity contribution in [3.63, 3.8) is 0 Å². The van der Waals surface area contributed by atoms with Crippen molar-refractivity contribution < 1.29 is 4.79 Å². The number of carbonyl (C=O) groups excluding carboxylic acids is 1. The van der Waals surface area contributed by atoms with Gasteiger partial charge in [-0.2, -0.15) is 5.10 Å². The number of nitrogens with one attached hydrogen (secondary N) is 1. The molecule has 24 heavy (non-hydrogen) atoms. The molecule has 6 heteroatoms. The molecule has 1 aromatic carbocycles. The van der Waals surface area contributed by atoms with Crippen molar-refractivity contribution in [3.05, 3.63) is 58.3 Å². The van der Waals surface area contributed by atoms with E-state index in [1.807, 2.05) is 55.8 Å². The summed E-state index contributed by atoms with van der Waals surface area (Å²) in [6.45, 7) is 6.06. The molecule has 0 aliphatic carbocycles. The topological polar surface area (TPSA) is 59.8 Å². The lowest BCUT2D eigenvalue weighted by molar-refractivity contribution is 0.0939. The zero-order valence-electron chi connectivity index (χ0n) is 13.8. The van der Waals surface area contributed by atoms with Crippen LogP contribution in [0, 0.1) is 0 Å². The summed E-state index contributed by atoms with van der Waals surface area (Å²) in [5.74, 6) is -0.148. The van der Waals surface area contributed by atoms with Gasteiger partial charge >= 0.3 is 0 Å².